The summed E-state index contributed by atoms with van der Waals surface area (Å²) < 4.78 is 11.8. The first kappa shape index (κ1) is 23.9. The molecule has 188 valence electrons. The third kappa shape index (κ3) is 5.57. The van der Waals surface area contributed by atoms with Crippen molar-refractivity contribution in [3.05, 3.63) is 0 Å². The molecule has 5 rings (SSSR count). The van der Waals surface area contributed by atoms with Crippen molar-refractivity contribution >= 4 is 5.91 Å². The van der Waals surface area contributed by atoms with Gasteiger partial charge in [0, 0.05) is 51.2 Å². The summed E-state index contributed by atoms with van der Waals surface area (Å²) in [6.45, 7) is 5.81. The van der Waals surface area contributed by atoms with E-state index in [1.54, 1.807) is 0 Å². The number of ether oxygens (including phenoxy) is 2. The molecule has 3 saturated heterocycles. The molecule has 8 unspecified atom stereocenters. The summed E-state index contributed by atoms with van der Waals surface area (Å²) in [5.74, 6) is 0.956. The number of amides is 1. The first-order chi connectivity index (χ1) is 16.1. The summed E-state index contributed by atoms with van der Waals surface area (Å²) in [6, 6.07) is 0.881. The minimum absolute atomic E-state index is 0.0297. The van der Waals surface area contributed by atoms with E-state index >= 15 is 0 Å². The predicted octanol–water partition coefficient (Wildman–Crippen LogP) is 0.509. The molecule has 0 radical (unpaired) electrons. The topological polar surface area (TPSA) is 103 Å². The van der Waals surface area contributed by atoms with Gasteiger partial charge in [-0.15, -0.1) is 0 Å². The first-order valence-electron chi connectivity index (χ1n) is 13.4. The Kier molecular flexibility index (Phi) is 7.89. The average Bonchev–Trinajstić information content (AvgIpc) is 3.48. The van der Waals surface area contributed by atoms with Gasteiger partial charge in [-0.2, -0.15) is 0 Å². The molecule has 8 heteroatoms. The molecule has 1 amide bonds. The highest BCUT2D eigenvalue weighted by molar-refractivity contribution is 5.80. The summed E-state index contributed by atoms with van der Waals surface area (Å²) in [5.41, 5.74) is 0. The van der Waals surface area contributed by atoms with Gasteiger partial charge in [-0.05, 0) is 62.9 Å². The fraction of sp³-hybridized carbons (Fsp3) is 0.960. The van der Waals surface area contributed by atoms with Gasteiger partial charge < -0.3 is 35.2 Å². The highest BCUT2D eigenvalue weighted by Crippen LogP contribution is 2.39. The van der Waals surface area contributed by atoms with E-state index in [9.17, 15) is 15.0 Å². The number of nitrogens with one attached hydrogen (secondary N) is 2. The van der Waals surface area contributed by atoms with Crippen LogP contribution in [-0.4, -0.2) is 97.4 Å². The van der Waals surface area contributed by atoms with Crippen molar-refractivity contribution < 1.29 is 24.5 Å². The number of fused-ring (bicyclic) bond motifs is 1. The third-order valence-corrected chi connectivity index (χ3v) is 8.91. The standard InChI is InChI=1S/C25H43N3O5/c29-19-10-22(30)24(23(11-19)33-14-16-4-7-26-8-5-16)25(31)28-12-17-2-1-3-21(20(17)13-28)27-18-6-9-32-15-18/h16-24,26-27,29-30H,1-15H2. The Morgan fingerprint density at radius 1 is 1.09 bits per heavy atom. The fourth-order valence-electron chi connectivity index (χ4n) is 7.03. The Morgan fingerprint density at radius 3 is 2.73 bits per heavy atom. The number of carbonyl (C=O) groups is 1. The Hall–Kier alpha value is -0.770. The molecule has 3 heterocycles. The smallest absolute Gasteiger partial charge is 0.230 e. The normalized spacial score (nSPS) is 42.4. The van der Waals surface area contributed by atoms with E-state index < -0.39 is 24.2 Å². The van der Waals surface area contributed by atoms with Crippen molar-refractivity contribution in [3.8, 4) is 0 Å². The number of carbonyl (C=O) groups excluding carboxylic acids is 1. The van der Waals surface area contributed by atoms with E-state index in [1.807, 2.05) is 4.90 Å². The molecular formula is C25H43N3O5. The monoisotopic (exact) mass is 465 g/mol. The Labute approximate surface area is 197 Å². The lowest BCUT2D eigenvalue weighted by Crippen LogP contribution is -2.52. The molecule has 33 heavy (non-hydrogen) atoms. The van der Waals surface area contributed by atoms with Crippen molar-refractivity contribution in [2.75, 3.05) is 46.0 Å². The van der Waals surface area contributed by atoms with Gasteiger partial charge in [0.1, 0.15) is 0 Å². The number of likely N-dealkylation sites (tertiary alicyclic amines) is 1. The number of rotatable bonds is 6. The van der Waals surface area contributed by atoms with E-state index in [1.165, 1.54) is 19.3 Å². The Balaban J connectivity index is 1.22. The lowest BCUT2D eigenvalue weighted by molar-refractivity contribution is -0.158. The van der Waals surface area contributed by atoms with Crippen LogP contribution in [0.2, 0.25) is 0 Å². The summed E-state index contributed by atoms with van der Waals surface area (Å²) in [4.78, 5) is 15.7. The largest absolute Gasteiger partial charge is 0.393 e. The summed E-state index contributed by atoms with van der Waals surface area (Å²) in [5, 5.41) is 28.4. The van der Waals surface area contributed by atoms with Crippen molar-refractivity contribution in [1.29, 1.82) is 0 Å². The van der Waals surface area contributed by atoms with Crippen LogP contribution in [0.25, 0.3) is 0 Å². The van der Waals surface area contributed by atoms with Crippen LogP contribution in [0.4, 0.5) is 0 Å². The molecule has 0 aromatic carbocycles. The molecule has 4 N–H and O–H groups in total. The predicted molar refractivity (Wildman–Crippen MR) is 124 cm³/mol. The molecule has 8 nitrogen and oxygen atoms in total. The van der Waals surface area contributed by atoms with Gasteiger partial charge in [-0.3, -0.25) is 4.79 Å². The molecule has 3 aliphatic heterocycles. The lowest BCUT2D eigenvalue weighted by Gasteiger charge is -2.39. The van der Waals surface area contributed by atoms with Gasteiger partial charge in [-0.1, -0.05) is 6.42 Å². The van der Waals surface area contributed by atoms with Crippen LogP contribution in [0.1, 0.15) is 51.4 Å². The van der Waals surface area contributed by atoms with Gasteiger partial charge in [0.25, 0.3) is 0 Å². The Morgan fingerprint density at radius 2 is 1.94 bits per heavy atom. The SMILES string of the molecule is O=C(C1C(O)CC(O)CC1OCC1CCNCC1)N1CC2CCCC(NC3CCOC3)C2C1. The van der Waals surface area contributed by atoms with Crippen molar-refractivity contribution in [3.63, 3.8) is 0 Å². The molecule has 8 atom stereocenters. The quantitative estimate of drug-likeness (QED) is 0.453. The molecular weight excluding hydrogens is 422 g/mol. The van der Waals surface area contributed by atoms with Crippen molar-refractivity contribution in [1.82, 2.24) is 15.5 Å². The van der Waals surface area contributed by atoms with E-state index in [4.69, 9.17) is 9.47 Å². The van der Waals surface area contributed by atoms with Gasteiger partial charge >= 0.3 is 0 Å². The lowest BCUT2D eigenvalue weighted by atomic mass is 9.78. The summed E-state index contributed by atoms with van der Waals surface area (Å²) in [7, 11) is 0. The zero-order valence-electron chi connectivity index (χ0n) is 19.9. The molecule has 5 aliphatic rings. The summed E-state index contributed by atoms with van der Waals surface area (Å²) in [6.07, 6.45) is 5.61. The second-order valence-electron chi connectivity index (χ2n) is 11.2. The zero-order valence-corrected chi connectivity index (χ0v) is 19.9. The average molecular weight is 466 g/mol. The van der Waals surface area contributed by atoms with Crippen molar-refractivity contribution in [2.45, 2.75) is 81.8 Å². The number of aliphatic hydroxyl groups excluding tert-OH is 2. The number of nitrogens with zero attached hydrogens (tertiary/aromatic N) is 1. The minimum atomic E-state index is -0.841. The number of piperidine rings is 1. The molecule has 5 fully saturated rings. The second kappa shape index (κ2) is 10.9. The van der Waals surface area contributed by atoms with Crippen LogP contribution in [0.5, 0.6) is 0 Å². The number of hydrogen-bond donors (Lipinski definition) is 4. The summed E-state index contributed by atoms with van der Waals surface area (Å²) >= 11 is 0. The molecule has 2 aliphatic carbocycles. The van der Waals surface area contributed by atoms with Crippen LogP contribution in [0.15, 0.2) is 0 Å². The van der Waals surface area contributed by atoms with Gasteiger partial charge in [-0.25, -0.2) is 0 Å². The fourth-order valence-corrected chi connectivity index (χ4v) is 7.03. The molecule has 0 spiro atoms. The molecule has 0 aromatic rings. The third-order valence-electron chi connectivity index (χ3n) is 8.91. The maximum atomic E-state index is 13.7. The second-order valence-corrected chi connectivity index (χ2v) is 11.2. The zero-order chi connectivity index (χ0) is 22.8. The van der Waals surface area contributed by atoms with Crippen LogP contribution >= 0.6 is 0 Å². The number of aliphatic hydroxyl groups is 2. The van der Waals surface area contributed by atoms with Crippen LogP contribution in [0, 0.1) is 23.7 Å². The molecule has 0 bridgehead atoms. The van der Waals surface area contributed by atoms with E-state index in [0.29, 0.717) is 42.9 Å². The number of hydrogen-bond acceptors (Lipinski definition) is 7. The maximum Gasteiger partial charge on any atom is 0.230 e. The van der Waals surface area contributed by atoms with Gasteiger partial charge in [0.05, 0.1) is 30.8 Å². The van der Waals surface area contributed by atoms with Gasteiger partial charge in [0.2, 0.25) is 5.91 Å². The first-order valence-corrected chi connectivity index (χ1v) is 13.4. The van der Waals surface area contributed by atoms with Crippen LogP contribution < -0.4 is 10.6 Å². The Bertz CT molecular complexity index is 654. The minimum Gasteiger partial charge on any atom is -0.393 e. The van der Waals surface area contributed by atoms with Gasteiger partial charge in [0.15, 0.2) is 0 Å². The van der Waals surface area contributed by atoms with E-state index in [2.05, 4.69) is 10.6 Å². The highest BCUT2D eigenvalue weighted by Gasteiger charge is 2.48. The van der Waals surface area contributed by atoms with E-state index in [-0.39, 0.29) is 12.3 Å². The molecule has 2 saturated carbocycles. The van der Waals surface area contributed by atoms with E-state index in [0.717, 1.165) is 58.7 Å². The van der Waals surface area contributed by atoms with Crippen molar-refractivity contribution in [2.24, 2.45) is 23.7 Å². The maximum absolute atomic E-state index is 13.7. The molecule has 0 aromatic heterocycles. The van der Waals surface area contributed by atoms with Crippen LogP contribution in [-0.2, 0) is 14.3 Å². The van der Waals surface area contributed by atoms with Crippen LogP contribution in [0.3, 0.4) is 0 Å². The highest BCUT2D eigenvalue weighted by atomic mass is 16.5.